The van der Waals surface area contributed by atoms with Crippen LogP contribution in [0.25, 0.3) is 0 Å². The number of hydrogen-bond acceptors (Lipinski definition) is 5. The van der Waals surface area contributed by atoms with Gasteiger partial charge in [-0.2, -0.15) is 4.31 Å². The molecule has 1 saturated heterocycles. The first-order chi connectivity index (χ1) is 11.0. The number of carboxylic acid groups (broad SMARTS) is 1. The van der Waals surface area contributed by atoms with E-state index in [9.17, 15) is 13.2 Å². The van der Waals surface area contributed by atoms with Gasteiger partial charge < -0.3 is 10.0 Å². The van der Waals surface area contributed by atoms with Crippen LogP contribution in [0.4, 0.5) is 5.69 Å². The second-order valence-corrected chi connectivity index (χ2v) is 8.26. The number of sulfonamides is 1. The molecule has 1 N–H and O–H groups in total. The molecule has 1 aliphatic heterocycles. The van der Waals surface area contributed by atoms with Gasteiger partial charge in [0.25, 0.3) is 10.0 Å². The fraction of sp³-hybridized carbons (Fsp3) is 0.267. The summed E-state index contributed by atoms with van der Waals surface area (Å²) in [6.07, 6.45) is 0. The number of benzene rings is 1. The fourth-order valence-electron chi connectivity index (χ4n) is 2.52. The summed E-state index contributed by atoms with van der Waals surface area (Å²) in [6, 6.07) is 11.1. The number of nitrogens with zero attached hydrogens (tertiary/aromatic N) is 2. The maximum absolute atomic E-state index is 12.6. The first-order valence-corrected chi connectivity index (χ1v) is 9.42. The van der Waals surface area contributed by atoms with Gasteiger partial charge >= 0.3 is 5.97 Å². The molecule has 122 valence electrons. The van der Waals surface area contributed by atoms with Crippen molar-refractivity contribution in [1.29, 1.82) is 0 Å². The zero-order valence-corrected chi connectivity index (χ0v) is 13.9. The molecule has 0 radical (unpaired) electrons. The maximum atomic E-state index is 12.6. The molecule has 0 atom stereocenters. The van der Waals surface area contributed by atoms with Gasteiger partial charge in [-0.25, -0.2) is 13.2 Å². The Bertz CT molecular complexity index is 794. The van der Waals surface area contributed by atoms with Crippen molar-refractivity contribution in [1.82, 2.24) is 4.31 Å². The molecule has 0 amide bonds. The third kappa shape index (κ3) is 3.24. The Labute approximate surface area is 138 Å². The van der Waals surface area contributed by atoms with Crippen LogP contribution in [0.2, 0.25) is 0 Å². The lowest BCUT2D eigenvalue weighted by Gasteiger charge is -2.35. The highest BCUT2D eigenvalue weighted by atomic mass is 32.2. The molecule has 8 heteroatoms. The van der Waals surface area contributed by atoms with Crippen molar-refractivity contribution in [3.63, 3.8) is 0 Å². The van der Waals surface area contributed by atoms with E-state index in [1.54, 1.807) is 0 Å². The lowest BCUT2D eigenvalue weighted by Crippen LogP contribution is -2.48. The number of carboxylic acids is 1. The highest BCUT2D eigenvalue weighted by Gasteiger charge is 2.30. The smallest absolute Gasteiger partial charge is 0.336 e. The van der Waals surface area contributed by atoms with Crippen LogP contribution < -0.4 is 4.90 Å². The first kappa shape index (κ1) is 16.0. The fourth-order valence-corrected chi connectivity index (χ4v) is 5.25. The van der Waals surface area contributed by atoms with Crippen molar-refractivity contribution in [2.75, 3.05) is 31.1 Å². The van der Waals surface area contributed by atoms with Crippen molar-refractivity contribution in [3.05, 3.63) is 47.3 Å². The molecule has 1 aromatic carbocycles. The number of anilines is 1. The highest BCUT2D eigenvalue weighted by molar-refractivity contribution is 7.91. The molecular weight excluding hydrogens is 336 g/mol. The molecule has 0 spiro atoms. The molecule has 1 fully saturated rings. The van der Waals surface area contributed by atoms with Crippen LogP contribution in [0.5, 0.6) is 0 Å². The molecule has 0 saturated carbocycles. The molecule has 1 aliphatic rings. The summed E-state index contributed by atoms with van der Waals surface area (Å²) in [5.41, 5.74) is 1.09. The Hall–Kier alpha value is -1.90. The molecule has 6 nitrogen and oxygen atoms in total. The summed E-state index contributed by atoms with van der Waals surface area (Å²) in [7, 11) is -3.62. The van der Waals surface area contributed by atoms with E-state index in [1.807, 2.05) is 30.3 Å². The predicted molar refractivity (Wildman–Crippen MR) is 88.7 cm³/mol. The minimum Gasteiger partial charge on any atom is -0.478 e. The zero-order chi connectivity index (χ0) is 16.4. The van der Waals surface area contributed by atoms with E-state index in [2.05, 4.69) is 4.90 Å². The summed E-state index contributed by atoms with van der Waals surface area (Å²) in [6.45, 7) is 2.00. The van der Waals surface area contributed by atoms with E-state index >= 15 is 0 Å². The van der Waals surface area contributed by atoms with Crippen LogP contribution in [0, 0.1) is 0 Å². The molecule has 2 heterocycles. The van der Waals surface area contributed by atoms with E-state index in [4.69, 9.17) is 5.11 Å². The van der Waals surface area contributed by atoms with Crippen molar-refractivity contribution in [2.24, 2.45) is 0 Å². The predicted octanol–water partition coefficient (Wildman–Crippen LogP) is 1.96. The SMILES string of the molecule is O=C(O)c1csc(S(=O)(=O)N2CCN(c3ccccc3)CC2)c1. The number of rotatable bonds is 4. The van der Waals surface area contributed by atoms with Gasteiger partial charge in [0, 0.05) is 37.2 Å². The van der Waals surface area contributed by atoms with E-state index in [-0.39, 0.29) is 9.77 Å². The van der Waals surface area contributed by atoms with Gasteiger partial charge in [0.05, 0.1) is 5.56 Å². The van der Waals surface area contributed by atoms with Gasteiger partial charge in [0.2, 0.25) is 0 Å². The molecule has 0 bridgehead atoms. The van der Waals surface area contributed by atoms with Crippen LogP contribution in [0.1, 0.15) is 10.4 Å². The number of para-hydroxylation sites is 1. The Morgan fingerprint density at radius 1 is 1.09 bits per heavy atom. The molecular formula is C15H16N2O4S2. The van der Waals surface area contributed by atoms with Crippen molar-refractivity contribution in [3.8, 4) is 0 Å². The first-order valence-electron chi connectivity index (χ1n) is 7.10. The van der Waals surface area contributed by atoms with Gasteiger partial charge in [0.15, 0.2) is 0 Å². The minimum absolute atomic E-state index is 0.0106. The van der Waals surface area contributed by atoms with Gasteiger partial charge in [-0.15, -0.1) is 11.3 Å². The van der Waals surface area contributed by atoms with Crippen molar-refractivity contribution in [2.45, 2.75) is 4.21 Å². The Morgan fingerprint density at radius 2 is 1.74 bits per heavy atom. The lowest BCUT2D eigenvalue weighted by molar-refractivity contribution is 0.0697. The van der Waals surface area contributed by atoms with Gasteiger partial charge in [0.1, 0.15) is 4.21 Å². The quantitative estimate of drug-likeness (QED) is 0.910. The molecule has 23 heavy (non-hydrogen) atoms. The van der Waals surface area contributed by atoms with Crippen LogP contribution in [-0.4, -0.2) is 50.0 Å². The summed E-state index contributed by atoms with van der Waals surface area (Å²) in [4.78, 5) is 13.1. The maximum Gasteiger partial charge on any atom is 0.336 e. The molecule has 1 aromatic heterocycles. The Morgan fingerprint density at radius 3 is 2.30 bits per heavy atom. The van der Waals surface area contributed by atoms with Crippen LogP contribution in [0.15, 0.2) is 46.0 Å². The van der Waals surface area contributed by atoms with Crippen LogP contribution >= 0.6 is 11.3 Å². The van der Waals surface area contributed by atoms with Gasteiger partial charge in [-0.1, -0.05) is 18.2 Å². The summed E-state index contributed by atoms with van der Waals surface area (Å²) in [5.74, 6) is -1.11. The van der Waals surface area contributed by atoms with E-state index < -0.39 is 16.0 Å². The third-order valence-corrected chi connectivity index (χ3v) is 7.09. The average Bonchev–Trinajstić information content (AvgIpc) is 3.07. The largest absolute Gasteiger partial charge is 0.478 e. The van der Waals surface area contributed by atoms with Crippen molar-refractivity contribution >= 4 is 33.0 Å². The second kappa shape index (κ2) is 6.31. The zero-order valence-electron chi connectivity index (χ0n) is 12.3. The lowest BCUT2D eigenvalue weighted by atomic mass is 10.2. The van der Waals surface area contributed by atoms with E-state index in [0.29, 0.717) is 26.2 Å². The van der Waals surface area contributed by atoms with E-state index in [1.165, 1.54) is 15.8 Å². The van der Waals surface area contributed by atoms with Gasteiger partial charge in [-0.3, -0.25) is 0 Å². The standard InChI is InChI=1S/C15H16N2O4S2/c18-15(19)12-10-14(22-11-12)23(20,21)17-8-6-16(7-9-17)13-4-2-1-3-5-13/h1-5,10-11H,6-9H2,(H,18,19). The Balaban J connectivity index is 1.72. The van der Waals surface area contributed by atoms with Gasteiger partial charge in [-0.05, 0) is 18.2 Å². The number of aromatic carboxylic acids is 1. The van der Waals surface area contributed by atoms with E-state index in [0.717, 1.165) is 17.0 Å². The van der Waals surface area contributed by atoms with Crippen LogP contribution in [0.3, 0.4) is 0 Å². The summed E-state index contributed by atoms with van der Waals surface area (Å²) < 4.78 is 26.7. The second-order valence-electron chi connectivity index (χ2n) is 5.19. The Kier molecular flexibility index (Phi) is 4.38. The molecule has 3 rings (SSSR count). The number of thiophene rings is 1. The molecule has 2 aromatic rings. The normalized spacial score (nSPS) is 16.4. The number of piperazine rings is 1. The van der Waals surface area contributed by atoms with Crippen molar-refractivity contribution < 1.29 is 18.3 Å². The molecule has 0 aliphatic carbocycles. The highest BCUT2D eigenvalue weighted by Crippen LogP contribution is 2.26. The number of hydrogen-bond donors (Lipinski definition) is 1. The third-order valence-electron chi connectivity index (χ3n) is 3.78. The average molecular weight is 352 g/mol. The minimum atomic E-state index is -3.62. The van der Waals surface area contributed by atoms with Crippen LogP contribution in [-0.2, 0) is 10.0 Å². The monoisotopic (exact) mass is 352 g/mol. The molecule has 0 unspecified atom stereocenters. The topological polar surface area (TPSA) is 77.9 Å². The number of carbonyl (C=O) groups is 1. The summed E-state index contributed by atoms with van der Waals surface area (Å²) in [5, 5.41) is 10.3. The summed E-state index contributed by atoms with van der Waals surface area (Å²) >= 11 is 0.952.